The second-order valence-corrected chi connectivity index (χ2v) is 7.24. The molecule has 0 bridgehead atoms. The Kier molecular flexibility index (Phi) is 3.56. The highest BCUT2D eigenvalue weighted by molar-refractivity contribution is 5.88. The highest BCUT2D eigenvalue weighted by Crippen LogP contribution is 2.44. The second-order valence-electron chi connectivity index (χ2n) is 7.24. The largest absolute Gasteiger partial charge is 0.321 e. The third-order valence-electron chi connectivity index (χ3n) is 5.43. The van der Waals surface area contributed by atoms with E-state index in [1.165, 1.54) is 24.8 Å². The molecule has 1 saturated carbocycles. The van der Waals surface area contributed by atoms with Crippen LogP contribution in [0.3, 0.4) is 0 Å². The fraction of sp³-hybridized carbons (Fsp3) is 0.611. The Balaban J connectivity index is 1.90. The molecular weight excluding hydrogens is 260 g/mol. The summed E-state index contributed by atoms with van der Waals surface area (Å²) < 4.78 is 0. The quantitative estimate of drug-likeness (QED) is 0.919. The zero-order valence-electron chi connectivity index (χ0n) is 13.4. The molecule has 2 aliphatic rings. The highest BCUT2D eigenvalue weighted by Gasteiger charge is 2.49. The van der Waals surface area contributed by atoms with E-state index in [1.54, 1.807) is 0 Å². The van der Waals surface area contributed by atoms with E-state index in [0.29, 0.717) is 5.41 Å². The van der Waals surface area contributed by atoms with Crippen LogP contribution in [0.15, 0.2) is 30.3 Å². The molecule has 0 aromatic heterocycles. The molecule has 1 aliphatic heterocycles. The lowest BCUT2D eigenvalue weighted by Crippen LogP contribution is -2.45. The Morgan fingerprint density at radius 3 is 2.43 bits per heavy atom. The molecule has 0 radical (unpaired) electrons. The Morgan fingerprint density at radius 2 is 1.90 bits per heavy atom. The molecule has 1 aliphatic carbocycles. The third-order valence-corrected chi connectivity index (χ3v) is 5.43. The normalized spacial score (nSPS) is 31.3. The molecule has 3 rings (SSSR count). The summed E-state index contributed by atoms with van der Waals surface area (Å²) in [4.78, 5) is 15.0. The van der Waals surface area contributed by atoms with Crippen LogP contribution in [0.5, 0.6) is 0 Å². The summed E-state index contributed by atoms with van der Waals surface area (Å²) in [6.07, 6.45) is 4.61. The molecule has 3 nitrogen and oxygen atoms in total. The SMILES string of the molecule is CCC1(C)NC(c2ccccc2)N(CC2(C)CCC2)C1=O. The van der Waals surface area contributed by atoms with Gasteiger partial charge in [0.15, 0.2) is 0 Å². The van der Waals surface area contributed by atoms with E-state index < -0.39 is 5.54 Å². The number of benzene rings is 1. The summed E-state index contributed by atoms with van der Waals surface area (Å²) in [5, 5.41) is 3.58. The van der Waals surface area contributed by atoms with Gasteiger partial charge in [0.1, 0.15) is 6.17 Å². The van der Waals surface area contributed by atoms with Gasteiger partial charge in [0.05, 0.1) is 5.54 Å². The number of rotatable bonds is 4. The summed E-state index contributed by atoms with van der Waals surface area (Å²) in [7, 11) is 0. The van der Waals surface area contributed by atoms with Gasteiger partial charge in [-0.2, -0.15) is 0 Å². The van der Waals surface area contributed by atoms with Gasteiger partial charge in [-0.1, -0.05) is 50.6 Å². The summed E-state index contributed by atoms with van der Waals surface area (Å²) in [5.74, 6) is 0.256. The van der Waals surface area contributed by atoms with Gasteiger partial charge >= 0.3 is 0 Å². The van der Waals surface area contributed by atoms with Crippen LogP contribution in [0.25, 0.3) is 0 Å². The van der Waals surface area contributed by atoms with Crippen molar-refractivity contribution in [1.29, 1.82) is 0 Å². The van der Waals surface area contributed by atoms with Crippen molar-refractivity contribution in [2.45, 2.75) is 58.2 Å². The van der Waals surface area contributed by atoms with E-state index in [-0.39, 0.29) is 12.1 Å². The minimum Gasteiger partial charge on any atom is -0.321 e. The summed E-state index contributed by atoms with van der Waals surface area (Å²) in [6.45, 7) is 7.30. The molecule has 1 N–H and O–H groups in total. The first-order chi connectivity index (χ1) is 9.97. The van der Waals surface area contributed by atoms with Crippen molar-refractivity contribution < 1.29 is 4.79 Å². The number of hydrogen-bond acceptors (Lipinski definition) is 2. The summed E-state index contributed by atoms with van der Waals surface area (Å²) in [5.41, 5.74) is 1.07. The maximum atomic E-state index is 12.9. The highest BCUT2D eigenvalue weighted by atomic mass is 16.2. The lowest BCUT2D eigenvalue weighted by atomic mass is 9.70. The summed E-state index contributed by atoms with van der Waals surface area (Å²) in [6, 6.07) is 10.3. The Bertz CT molecular complexity index is 523. The van der Waals surface area contributed by atoms with Crippen LogP contribution in [0.2, 0.25) is 0 Å². The van der Waals surface area contributed by atoms with Crippen molar-refractivity contribution >= 4 is 5.91 Å². The topological polar surface area (TPSA) is 32.3 Å². The molecule has 1 amide bonds. The molecule has 1 saturated heterocycles. The van der Waals surface area contributed by atoms with Crippen molar-refractivity contribution in [2.75, 3.05) is 6.54 Å². The Labute approximate surface area is 127 Å². The van der Waals surface area contributed by atoms with Gasteiger partial charge in [0.25, 0.3) is 0 Å². The monoisotopic (exact) mass is 286 g/mol. The van der Waals surface area contributed by atoms with Crippen molar-refractivity contribution in [3.05, 3.63) is 35.9 Å². The number of amides is 1. The van der Waals surface area contributed by atoms with Crippen molar-refractivity contribution in [1.82, 2.24) is 10.2 Å². The number of carbonyl (C=O) groups is 1. The van der Waals surface area contributed by atoms with E-state index in [4.69, 9.17) is 0 Å². The average Bonchev–Trinajstić information content (AvgIpc) is 2.72. The zero-order chi connectivity index (χ0) is 15.1. The van der Waals surface area contributed by atoms with Crippen molar-refractivity contribution in [3.63, 3.8) is 0 Å². The molecule has 0 spiro atoms. The molecule has 2 atom stereocenters. The van der Waals surface area contributed by atoms with E-state index in [2.05, 4.69) is 36.2 Å². The minimum atomic E-state index is -0.430. The Hall–Kier alpha value is -1.35. The van der Waals surface area contributed by atoms with E-state index in [0.717, 1.165) is 13.0 Å². The first-order valence-corrected chi connectivity index (χ1v) is 8.11. The lowest BCUT2D eigenvalue weighted by molar-refractivity contribution is -0.135. The van der Waals surface area contributed by atoms with E-state index >= 15 is 0 Å². The van der Waals surface area contributed by atoms with Crippen LogP contribution in [0.1, 0.15) is 58.2 Å². The molecule has 21 heavy (non-hydrogen) atoms. The van der Waals surface area contributed by atoms with Gasteiger partial charge in [-0.3, -0.25) is 10.1 Å². The van der Waals surface area contributed by atoms with E-state index in [9.17, 15) is 4.79 Å². The smallest absolute Gasteiger partial charge is 0.244 e. The molecule has 114 valence electrons. The number of nitrogens with one attached hydrogen (secondary N) is 1. The standard InChI is InChI=1S/C18H26N2O/c1-4-18(3)16(21)20(13-17(2)11-8-12-17)15(19-18)14-9-6-5-7-10-14/h5-7,9-10,15,19H,4,8,11-13H2,1-3H3. The van der Waals surface area contributed by atoms with Crippen molar-refractivity contribution in [2.24, 2.45) is 5.41 Å². The predicted molar refractivity (Wildman–Crippen MR) is 84.7 cm³/mol. The predicted octanol–water partition coefficient (Wildman–Crippen LogP) is 3.48. The van der Waals surface area contributed by atoms with Gasteiger partial charge in [-0.15, -0.1) is 0 Å². The maximum absolute atomic E-state index is 12.9. The molecule has 1 aromatic carbocycles. The van der Waals surface area contributed by atoms with Gasteiger partial charge in [0, 0.05) is 6.54 Å². The van der Waals surface area contributed by atoms with Gasteiger partial charge in [0.2, 0.25) is 5.91 Å². The van der Waals surface area contributed by atoms with Crippen LogP contribution in [0, 0.1) is 5.41 Å². The van der Waals surface area contributed by atoms with E-state index in [1.807, 2.05) is 25.1 Å². The van der Waals surface area contributed by atoms with Crippen LogP contribution in [0.4, 0.5) is 0 Å². The molecule has 1 aromatic rings. The number of nitrogens with zero attached hydrogens (tertiary/aromatic N) is 1. The number of hydrogen-bond donors (Lipinski definition) is 1. The van der Waals surface area contributed by atoms with Crippen LogP contribution < -0.4 is 5.32 Å². The minimum absolute atomic E-state index is 0.0149. The zero-order valence-corrected chi connectivity index (χ0v) is 13.4. The molecule has 3 heteroatoms. The molecule has 2 fully saturated rings. The van der Waals surface area contributed by atoms with Crippen LogP contribution >= 0.6 is 0 Å². The average molecular weight is 286 g/mol. The fourth-order valence-corrected chi connectivity index (χ4v) is 3.54. The van der Waals surface area contributed by atoms with Gasteiger partial charge in [-0.05, 0) is 37.2 Å². The molecule has 1 heterocycles. The summed E-state index contributed by atoms with van der Waals surface area (Å²) >= 11 is 0. The number of carbonyl (C=O) groups excluding carboxylic acids is 1. The third kappa shape index (κ3) is 2.48. The first-order valence-electron chi connectivity index (χ1n) is 8.11. The Morgan fingerprint density at radius 1 is 1.24 bits per heavy atom. The van der Waals surface area contributed by atoms with Crippen molar-refractivity contribution in [3.8, 4) is 0 Å². The van der Waals surface area contributed by atoms with Gasteiger partial charge < -0.3 is 4.90 Å². The van der Waals surface area contributed by atoms with Crippen LogP contribution in [-0.2, 0) is 4.79 Å². The first kappa shape index (κ1) is 14.6. The van der Waals surface area contributed by atoms with Crippen LogP contribution in [-0.4, -0.2) is 22.9 Å². The molecular formula is C18H26N2O. The maximum Gasteiger partial charge on any atom is 0.244 e. The van der Waals surface area contributed by atoms with Gasteiger partial charge in [-0.25, -0.2) is 0 Å². The molecule has 2 unspecified atom stereocenters. The second kappa shape index (κ2) is 5.13. The fourth-order valence-electron chi connectivity index (χ4n) is 3.54. The lowest BCUT2D eigenvalue weighted by Gasteiger charge is -2.42.